The van der Waals surface area contributed by atoms with Gasteiger partial charge in [-0.2, -0.15) is 0 Å². The van der Waals surface area contributed by atoms with Gasteiger partial charge in [0.2, 0.25) is 11.8 Å². The number of nitrogens with one attached hydrogen (secondary N) is 2. The number of hydrogen-bond donors (Lipinski definition) is 2. The summed E-state index contributed by atoms with van der Waals surface area (Å²) in [5, 5.41) is 5.69. The minimum absolute atomic E-state index is 0.0426. The molecule has 0 aliphatic rings. The zero-order chi connectivity index (χ0) is 20.5. The van der Waals surface area contributed by atoms with Crippen LogP contribution >= 0.6 is 0 Å². The van der Waals surface area contributed by atoms with Crippen molar-refractivity contribution in [2.24, 2.45) is 0 Å². The molecule has 2 aromatic carbocycles. The third-order valence-electron chi connectivity index (χ3n) is 4.14. The van der Waals surface area contributed by atoms with E-state index in [-0.39, 0.29) is 30.4 Å². The minimum atomic E-state index is -0.399. The fraction of sp³-hybridized carbons (Fsp3) is 0.364. The molecule has 6 heteroatoms. The molecule has 2 amide bonds. The van der Waals surface area contributed by atoms with E-state index in [1.807, 2.05) is 26.8 Å². The van der Waals surface area contributed by atoms with Crippen LogP contribution in [-0.2, 0) is 20.7 Å². The maximum absolute atomic E-state index is 13.7. The van der Waals surface area contributed by atoms with Gasteiger partial charge in [-0.05, 0) is 50.1 Å². The van der Waals surface area contributed by atoms with Gasteiger partial charge in [0.15, 0.2) is 0 Å². The quantitative estimate of drug-likeness (QED) is 0.685. The number of benzene rings is 2. The lowest BCUT2D eigenvalue weighted by Crippen LogP contribution is -2.28. The SMILES string of the molecule is CC(C)OCCC(=O)NC(C)c1cccc(NC(=O)Cc2ccccc2F)c1. The lowest BCUT2D eigenvalue weighted by Gasteiger charge is -2.16. The van der Waals surface area contributed by atoms with Crippen molar-refractivity contribution in [1.29, 1.82) is 0 Å². The third-order valence-corrected chi connectivity index (χ3v) is 4.14. The molecule has 0 aromatic heterocycles. The van der Waals surface area contributed by atoms with E-state index in [0.29, 0.717) is 24.3 Å². The molecule has 150 valence electrons. The number of amides is 2. The summed E-state index contributed by atoms with van der Waals surface area (Å²) in [5.41, 5.74) is 1.81. The number of hydrogen-bond acceptors (Lipinski definition) is 3. The van der Waals surface area contributed by atoms with Crippen LogP contribution in [0.4, 0.5) is 10.1 Å². The Morgan fingerprint density at radius 1 is 1.04 bits per heavy atom. The predicted molar refractivity (Wildman–Crippen MR) is 107 cm³/mol. The molecule has 28 heavy (non-hydrogen) atoms. The normalized spacial score (nSPS) is 11.9. The van der Waals surface area contributed by atoms with Crippen LogP contribution in [-0.4, -0.2) is 24.5 Å². The van der Waals surface area contributed by atoms with Gasteiger partial charge in [0.25, 0.3) is 0 Å². The molecule has 0 bridgehead atoms. The van der Waals surface area contributed by atoms with Crippen molar-refractivity contribution in [2.75, 3.05) is 11.9 Å². The van der Waals surface area contributed by atoms with E-state index in [0.717, 1.165) is 5.56 Å². The van der Waals surface area contributed by atoms with Crippen molar-refractivity contribution in [3.63, 3.8) is 0 Å². The van der Waals surface area contributed by atoms with Crippen LogP contribution in [0.2, 0.25) is 0 Å². The van der Waals surface area contributed by atoms with Crippen LogP contribution in [0.25, 0.3) is 0 Å². The predicted octanol–water partition coefficient (Wildman–Crippen LogP) is 4.00. The summed E-state index contributed by atoms with van der Waals surface area (Å²) in [7, 11) is 0. The Morgan fingerprint density at radius 2 is 1.79 bits per heavy atom. The fourth-order valence-corrected chi connectivity index (χ4v) is 2.69. The van der Waals surface area contributed by atoms with Gasteiger partial charge >= 0.3 is 0 Å². The number of ether oxygens (including phenoxy) is 1. The van der Waals surface area contributed by atoms with Crippen LogP contribution in [0.3, 0.4) is 0 Å². The van der Waals surface area contributed by atoms with E-state index in [2.05, 4.69) is 10.6 Å². The Labute approximate surface area is 165 Å². The summed E-state index contributed by atoms with van der Waals surface area (Å²) in [6.07, 6.45) is 0.343. The maximum Gasteiger partial charge on any atom is 0.228 e. The molecule has 0 fully saturated rings. The average molecular weight is 386 g/mol. The number of carbonyl (C=O) groups excluding carboxylic acids is 2. The third kappa shape index (κ3) is 7.12. The highest BCUT2D eigenvalue weighted by Gasteiger charge is 2.12. The molecule has 0 heterocycles. The van der Waals surface area contributed by atoms with Crippen LogP contribution in [0.1, 0.15) is 44.4 Å². The lowest BCUT2D eigenvalue weighted by atomic mass is 10.1. The molecule has 0 spiro atoms. The molecule has 2 aromatic rings. The highest BCUT2D eigenvalue weighted by molar-refractivity contribution is 5.92. The first-order valence-electron chi connectivity index (χ1n) is 9.39. The van der Waals surface area contributed by atoms with Crippen molar-refractivity contribution in [3.8, 4) is 0 Å². The molecule has 0 aliphatic heterocycles. The van der Waals surface area contributed by atoms with E-state index in [9.17, 15) is 14.0 Å². The van der Waals surface area contributed by atoms with Gasteiger partial charge in [-0.15, -0.1) is 0 Å². The molecule has 0 radical (unpaired) electrons. The van der Waals surface area contributed by atoms with Gasteiger partial charge in [-0.25, -0.2) is 4.39 Å². The summed E-state index contributed by atoms with van der Waals surface area (Å²) in [5.74, 6) is -0.795. The first-order chi connectivity index (χ1) is 13.3. The topological polar surface area (TPSA) is 67.4 Å². The van der Waals surface area contributed by atoms with E-state index >= 15 is 0 Å². The Balaban J connectivity index is 1.91. The van der Waals surface area contributed by atoms with Crippen molar-refractivity contribution in [1.82, 2.24) is 5.32 Å². The van der Waals surface area contributed by atoms with Gasteiger partial charge < -0.3 is 15.4 Å². The Bertz CT molecular complexity index is 808. The molecule has 0 saturated heterocycles. The second-order valence-corrected chi connectivity index (χ2v) is 6.90. The molecular weight excluding hydrogens is 359 g/mol. The van der Waals surface area contributed by atoms with Gasteiger partial charge in [-0.1, -0.05) is 30.3 Å². The molecular formula is C22H27FN2O3. The van der Waals surface area contributed by atoms with Crippen molar-refractivity contribution in [3.05, 3.63) is 65.5 Å². The zero-order valence-corrected chi connectivity index (χ0v) is 16.5. The Hall–Kier alpha value is -2.73. The second kappa shape index (κ2) is 10.6. The lowest BCUT2D eigenvalue weighted by molar-refractivity contribution is -0.123. The van der Waals surface area contributed by atoms with Gasteiger partial charge in [0.1, 0.15) is 5.82 Å². The maximum atomic E-state index is 13.7. The average Bonchev–Trinajstić information content (AvgIpc) is 2.63. The number of halogens is 1. The summed E-state index contributed by atoms with van der Waals surface area (Å²) in [4.78, 5) is 24.2. The summed E-state index contributed by atoms with van der Waals surface area (Å²) >= 11 is 0. The zero-order valence-electron chi connectivity index (χ0n) is 16.5. The monoisotopic (exact) mass is 386 g/mol. The van der Waals surface area contributed by atoms with Crippen LogP contribution in [0.15, 0.2) is 48.5 Å². The van der Waals surface area contributed by atoms with Crippen molar-refractivity contribution < 1.29 is 18.7 Å². The molecule has 0 aliphatic carbocycles. The molecule has 0 saturated carbocycles. The standard InChI is InChI=1S/C22H27FN2O3/c1-15(2)28-12-11-21(26)24-16(3)17-8-6-9-19(13-17)25-22(27)14-18-7-4-5-10-20(18)23/h4-10,13,15-16H,11-12,14H2,1-3H3,(H,24,26)(H,25,27). The van der Waals surface area contributed by atoms with E-state index in [1.54, 1.807) is 36.4 Å². The molecule has 1 unspecified atom stereocenters. The van der Waals surface area contributed by atoms with Gasteiger partial charge in [0, 0.05) is 12.1 Å². The van der Waals surface area contributed by atoms with Crippen molar-refractivity contribution in [2.45, 2.75) is 45.8 Å². The number of rotatable bonds is 9. The minimum Gasteiger partial charge on any atom is -0.378 e. The van der Waals surface area contributed by atoms with E-state index in [4.69, 9.17) is 4.74 Å². The van der Waals surface area contributed by atoms with Crippen LogP contribution in [0, 0.1) is 5.82 Å². The largest absolute Gasteiger partial charge is 0.378 e. The second-order valence-electron chi connectivity index (χ2n) is 6.90. The highest BCUT2D eigenvalue weighted by Crippen LogP contribution is 2.18. The fourth-order valence-electron chi connectivity index (χ4n) is 2.69. The Kier molecular flexibility index (Phi) is 8.14. The smallest absolute Gasteiger partial charge is 0.228 e. The molecule has 5 nitrogen and oxygen atoms in total. The molecule has 1 atom stereocenters. The summed E-state index contributed by atoms with van der Waals surface area (Å²) in [6, 6.07) is 13.2. The summed E-state index contributed by atoms with van der Waals surface area (Å²) < 4.78 is 19.1. The van der Waals surface area contributed by atoms with E-state index < -0.39 is 5.82 Å². The Morgan fingerprint density at radius 3 is 2.50 bits per heavy atom. The van der Waals surface area contributed by atoms with E-state index in [1.165, 1.54) is 6.07 Å². The molecule has 2 N–H and O–H groups in total. The van der Waals surface area contributed by atoms with Crippen LogP contribution in [0.5, 0.6) is 0 Å². The van der Waals surface area contributed by atoms with Gasteiger partial charge in [0.05, 0.1) is 25.2 Å². The highest BCUT2D eigenvalue weighted by atomic mass is 19.1. The molecule has 2 rings (SSSR count). The number of carbonyl (C=O) groups is 2. The summed E-state index contributed by atoms with van der Waals surface area (Å²) in [6.45, 7) is 6.10. The van der Waals surface area contributed by atoms with Crippen molar-refractivity contribution >= 4 is 17.5 Å². The van der Waals surface area contributed by atoms with Crippen LogP contribution < -0.4 is 10.6 Å². The van der Waals surface area contributed by atoms with Gasteiger partial charge in [-0.3, -0.25) is 9.59 Å². The first-order valence-corrected chi connectivity index (χ1v) is 9.39. The number of anilines is 1. The first kappa shape index (κ1) is 21.6.